The van der Waals surface area contributed by atoms with E-state index in [1.165, 1.54) is 0 Å². The molecule has 0 heterocycles. The fraction of sp³-hybridized carbons (Fsp3) is 0.150. The summed E-state index contributed by atoms with van der Waals surface area (Å²) in [7, 11) is 1.65. The number of nitrogens with one attached hydrogen (secondary N) is 1. The number of amides is 1. The van der Waals surface area contributed by atoms with Gasteiger partial charge in [-0.1, -0.05) is 37.3 Å². The van der Waals surface area contributed by atoms with Crippen molar-refractivity contribution in [2.75, 3.05) is 18.2 Å². The first kappa shape index (κ1) is 16.4. The van der Waals surface area contributed by atoms with Gasteiger partial charge in [-0.05, 0) is 36.1 Å². The SMILES string of the molecule is CCSc1cccc(C(=O)Nc2ccc(OC)c3ccccc23)c1. The Labute approximate surface area is 146 Å². The van der Waals surface area contributed by atoms with Crippen LogP contribution in [0.1, 0.15) is 17.3 Å². The molecule has 0 saturated carbocycles. The van der Waals surface area contributed by atoms with Crippen molar-refractivity contribution in [3.63, 3.8) is 0 Å². The van der Waals surface area contributed by atoms with Crippen LogP contribution in [0.15, 0.2) is 65.6 Å². The van der Waals surface area contributed by atoms with Gasteiger partial charge in [-0.25, -0.2) is 0 Å². The minimum Gasteiger partial charge on any atom is -0.496 e. The summed E-state index contributed by atoms with van der Waals surface area (Å²) >= 11 is 1.72. The third kappa shape index (κ3) is 3.39. The van der Waals surface area contributed by atoms with Crippen LogP contribution in [0.4, 0.5) is 5.69 Å². The van der Waals surface area contributed by atoms with Crippen molar-refractivity contribution < 1.29 is 9.53 Å². The lowest BCUT2D eigenvalue weighted by molar-refractivity contribution is 0.102. The van der Waals surface area contributed by atoms with Crippen molar-refractivity contribution in [3.05, 3.63) is 66.2 Å². The Hall–Kier alpha value is -2.46. The van der Waals surface area contributed by atoms with E-state index in [1.807, 2.05) is 60.7 Å². The van der Waals surface area contributed by atoms with Gasteiger partial charge in [-0.15, -0.1) is 11.8 Å². The monoisotopic (exact) mass is 337 g/mol. The molecule has 1 amide bonds. The highest BCUT2D eigenvalue weighted by atomic mass is 32.2. The number of fused-ring (bicyclic) bond motifs is 1. The van der Waals surface area contributed by atoms with Crippen molar-refractivity contribution in [1.82, 2.24) is 0 Å². The van der Waals surface area contributed by atoms with Gasteiger partial charge in [0.05, 0.1) is 7.11 Å². The van der Waals surface area contributed by atoms with E-state index in [0.29, 0.717) is 5.56 Å². The summed E-state index contributed by atoms with van der Waals surface area (Å²) in [6.45, 7) is 2.10. The second kappa shape index (κ2) is 7.41. The average Bonchev–Trinajstić information content (AvgIpc) is 2.62. The van der Waals surface area contributed by atoms with E-state index in [9.17, 15) is 4.79 Å². The van der Waals surface area contributed by atoms with Gasteiger partial charge in [-0.2, -0.15) is 0 Å². The van der Waals surface area contributed by atoms with Crippen LogP contribution in [-0.2, 0) is 0 Å². The highest BCUT2D eigenvalue weighted by Crippen LogP contribution is 2.31. The first-order valence-electron chi connectivity index (χ1n) is 7.83. The number of hydrogen-bond donors (Lipinski definition) is 1. The molecule has 4 heteroatoms. The van der Waals surface area contributed by atoms with Crippen LogP contribution in [-0.4, -0.2) is 18.8 Å². The smallest absolute Gasteiger partial charge is 0.255 e. The van der Waals surface area contributed by atoms with Gasteiger partial charge < -0.3 is 10.1 Å². The Morgan fingerprint density at radius 2 is 1.83 bits per heavy atom. The Morgan fingerprint density at radius 3 is 2.58 bits per heavy atom. The normalized spacial score (nSPS) is 10.6. The van der Waals surface area contributed by atoms with Gasteiger partial charge in [0.1, 0.15) is 5.75 Å². The fourth-order valence-electron chi connectivity index (χ4n) is 2.65. The van der Waals surface area contributed by atoms with E-state index in [0.717, 1.165) is 32.9 Å². The van der Waals surface area contributed by atoms with Crippen LogP contribution in [0, 0.1) is 0 Å². The largest absolute Gasteiger partial charge is 0.496 e. The molecule has 3 rings (SSSR count). The van der Waals surface area contributed by atoms with Gasteiger partial charge in [0, 0.05) is 26.9 Å². The summed E-state index contributed by atoms with van der Waals surface area (Å²) in [5.74, 6) is 1.67. The third-order valence-corrected chi connectivity index (χ3v) is 4.64. The summed E-state index contributed by atoms with van der Waals surface area (Å²) in [5, 5.41) is 4.96. The molecule has 0 aliphatic carbocycles. The fourth-order valence-corrected chi connectivity index (χ4v) is 3.37. The summed E-state index contributed by atoms with van der Waals surface area (Å²) in [4.78, 5) is 13.7. The number of thioether (sulfide) groups is 1. The van der Waals surface area contributed by atoms with Crippen molar-refractivity contribution in [2.45, 2.75) is 11.8 Å². The lowest BCUT2D eigenvalue weighted by Gasteiger charge is -2.12. The topological polar surface area (TPSA) is 38.3 Å². The van der Waals surface area contributed by atoms with E-state index in [4.69, 9.17) is 4.74 Å². The predicted octanol–water partition coefficient (Wildman–Crippen LogP) is 5.21. The number of carbonyl (C=O) groups excluding carboxylic acids is 1. The van der Waals surface area contributed by atoms with E-state index in [2.05, 4.69) is 12.2 Å². The van der Waals surface area contributed by atoms with Crippen molar-refractivity contribution in [2.24, 2.45) is 0 Å². The zero-order valence-corrected chi connectivity index (χ0v) is 14.5. The first-order chi connectivity index (χ1) is 11.7. The summed E-state index contributed by atoms with van der Waals surface area (Å²) < 4.78 is 5.40. The molecule has 0 radical (unpaired) electrons. The Balaban J connectivity index is 1.92. The highest BCUT2D eigenvalue weighted by Gasteiger charge is 2.11. The standard InChI is InChI=1S/C20H19NO2S/c1-3-24-15-8-6-7-14(13-15)20(22)21-18-11-12-19(23-2)17-10-5-4-9-16(17)18/h4-13H,3H2,1-2H3,(H,21,22). The zero-order valence-electron chi connectivity index (χ0n) is 13.7. The molecule has 0 spiro atoms. The van der Waals surface area contributed by atoms with Gasteiger partial charge in [0.15, 0.2) is 0 Å². The minimum absolute atomic E-state index is 0.108. The van der Waals surface area contributed by atoms with Gasteiger partial charge >= 0.3 is 0 Å². The number of benzene rings is 3. The molecule has 3 aromatic rings. The number of methoxy groups -OCH3 is 1. The Kier molecular flexibility index (Phi) is 5.06. The number of rotatable bonds is 5. The van der Waals surface area contributed by atoms with E-state index >= 15 is 0 Å². The van der Waals surface area contributed by atoms with Gasteiger partial charge in [0.25, 0.3) is 5.91 Å². The molecule has 0 aliphatic heterocycles. The molecule has 0 aromatic heterocycles. The minimum atomic E-state index is -0.108. The quantitative estimate of drug-likeness (QED) is 0.649. The third-order valence-electron chi connectivity index (χ3n) is 3.76. The van der Waals surface area contributed by atoms with E-state index in [-0.39, 0.29) is 5.91 Å². The van der Waals surface area contributed by atoms with Gasteiger partial charge in [0.2, 0.25) is 0 Å². The predicted molar refractivity (Wildman–Crippen MR) is 101 cm³/mol. The molecule has 3 nitrogen and oxygen atoms in total. The van der Waals surface area contributed by atoms with Crippen LogP contribution in [0.5, 0.6) is 5.75 Å². The van der Waals surface area contributed by atoms with Crippen molar-refractivity contribution in [1.29, 1.82) is 0 Å². The van der Waals surface area contributed by atoms with Crippen LogP contribution in [0.25, 0.3) is 10.8 Å². The van der Waals surface area contributed by atoms with E-state index < -0.39 is 0 Å². The molecular weight excluding hydrogens is 318 g/mol. The number of carbonyl (C=O) groups is 1. The Morgan fingerprint density at radius 1 is 1.04 bits per heavy atom. The molecule has 1 N–H and O–H groups in total. The van der Waals surface area contributed by atoms with Crippen LogP contribution in [0.3, 0.4) is 0 Å². The molecule has 3 aromatic carbocycles. The lowest BCUT2D eigenvalue weighted by Crippen LogP contribution is -2.12. The first-order valence-corrected chi connectivity index (χ1v) is 8.81. The lowest BCUT2D eigenvalue weighted by atomic mass is 10.1. The van der Waals surface area contributed by atoms with Crippen molar-refractivity contribution in [3.8, 4) is 5.75 Å². The molecule has 0 bridgehead atoms. The maximum Gasteiger partial charge on any atom is 0.255 e. The van der Waals surface area contributed by atoms with Crippen LogP contribution in [0.2, 0.25) is 0 Å². The maximum atomic E-state index is 12.6. The highest BCUT2D eigenvalue weighted by molar-refractivity contribution is 7.99. The van der Waals surface area contributed by atoms with Crippen LogP contribution >= 0.6 is 11.8 Å². The maximum absolute atomic E-state index is 12.6. The number of anilines is 1. The van der Waals surface area contributed by atoms with Crippen LogP contribution < -0.4 is 10.1 Å². The zero-order chi connectivity index (χ0) is 16.9. The molecule has 24 heavy (non-hydrogen) atoms. The second-order valence-electron chi connectivity index (χ2n) is 5.28. The summed E-state index contributed by atoms with van der Waals surface area (Å²) in [5.41, 5.74) is 1.44. The average molecular weight is 337 g/mol. The number of hydrogen-bond acceptors (Lipinski definition) is 3. The molecule has 0 unspecified atom stereocenters. The van der Waals surface area contributed by atoms with Crippen molar-refractivity contribution >= 4 is 34.1 Å². The summed E-state index contributed by atoms with van der Waals surface area (Å²) in [6, 6.07) is 19.3. The van der Waals surface area contributed by atoms with Gasteiger partial charge in [-0.3, -0.25) is 4.79 Å². The second-order valence-corrected chi connectivity index (χ2v) is 6.61. The summed E-state index contributed by atoms with van der Waals surface area (Å²) in [6.07, 6.45) is 0. The molecular formula is C20H19NO2S. The molecule has 0 saturated heterocycles. The molecule has 122 valence electrons. The molecule has 0 aliphatic rings. The molecule has 0 atom stereocenters. The molecule has 0 fully saturated rings. The Bertz CT molecular complexity index is 876. The number of ether oxygens (including phenoxy) is 1. The van der Waals surface area contributed by atoms with E-state index in [1.54, 1.807) is 18.9 Å².